The number of rotatable bonds is 7. The Hall–Kier alpha value is -3.64. The van der Waals surface area contributed by atoms with Crippen molar-refractivity contribution in [2.75, 3.05) is 63.9 Å². The number of carbonyl (C=O) groups excluding carboxylic acids is 3. The van der Waals surface area contributed by atoms with Gasteiger partial charge in [-0.1, -0.05) is 6.07 Å². The molecule has 3 heterocycles. The Morgan fingerprint density at radius 2 is 1.65 bits per heavy atom. The zero-order chi connectivity index (χ0) is 30.4. The highest BCUT2D eigenvalue weighted by atomic mass is 19.4. The average Bonchev–Trinajstić information content (AvgIpc) is 3.34. The molecule has 2 atom stereocenters. The lowest BCUT2D eigenvalue weighted by molar-refractivity contribution is -0.137. The van der Waals surface area contributed by atoms with Gasteiger partial charge in [-0.05, 0) is 68.1 Å². The molecule has 43 heavy (non-hydrogen) atoms. The van der Waals surface area contributed by atoms with Crippen LogP contribution in [-0.4, -0.2) is 98.6 Å². The van der Waals surface area contributed by atoms with E-state index in [1.807, 2.05) is 29.2 Å². The number of benzene rings is 2. The lowest BCUT2D eigenvalue weighted by Gasteiger charge is -2.28. The first-order valence-electron chi connectivity index (χ1n) is 14.9. The van der Waals surface area contributed by atoms with Gasteiger partial charge in [0.25, 0.3) is 11.8 Å². The fourth-order valence-electron chi connectivity index (χ4n) is 6.08. The summed E-state index contributed by atoms with van der Waals surface area (Å²) < 4.78 is 44.1. The van der Waals surface area contributed by atoms with Gasteiger partial charge < -0.3 is 25.2 Å². The first-order valence-corrected chi connectivity index (χ1v) is 14.9. The maximum absolute atomic E-state index is 12.9. The summed E-state index contributed by atoms with van der Waals surface area (Å²) in [6, 6.07) is 12.4. The maximum Gasteiger partial charge on any atom is 0.416 e. The molecule has 3 fully saturated rings. The van der Waals surface area contributed by atoms with Gasteiger partial charge in [0.05, 0.1) is 25.3 Å². The molecule has 0 saturated carbocycles. The van der Waals surface area contributed by atoms with Gasteiger partial charge in [0, 0.05) is 68.2 Å². The fourth-order valence-corrected chi connectivity index (χ4v) is 6.08. The van der Waals surface area contributed by atoms with Crippen molar-refractivity contribution >= 4 is 23.4 Å². The lowest BCUT2D eigenvalue weighted by atomic mass is 10.1. The van der Waals surface area contributed by atoms with Gasteiger partial charge >= 0.3 is 6.18 Å². The Bertz CT molecular complexity index is 1280. The van der Waals surface area contributed by atoms with Crippen molar-refractivity contribution in [1.82, 2.24) is 20.4 Å². The van der Waals surface area contributed by atoms with E-state index in [9.17, 15) is 27.6 Å². The Morgan fingerprint density at radius 1 is 0.884 bits per heavy atom. The molecule has 2 N–H and O–H groups in total. The molecule has 0 aromatic heterocycles. The van der Waals surface area contributed by atoms with Crippen LogP contribution in [0.3, 0.4) is 0 Å². The fraction of sp³-hybridized carbons (Fsp3) is 0.516. The molecule has 12 heteroatoms. The molecule has 0 spiro atoms. The second-order valence-electron chi connectivity index (χ2n) is 11.3. The first kappa shape index (κ1) is 30.8. The van der Waals surface area contributed by atoms with Gasteiger partial charge in [-0.25, -0.2) is 0 Å². The number of halogens is 3. The number of carbonyl (C=O) groups is 3. The highest BCUT2D eigenvalue weighted by Gasteiger charge is 2.32. The summed E-state index contributed by atoms with van der Waals surface area (Å²) in [5.74, 6) is -1.05. The predicted molar refractivity (Wildman–Crippen MR) is 155 cm³/mol. The molecule has 0 unspecified atom stereocenters. The van der Waals surface area contributed by atoms with Crippen LogP contribution in [0.4, 0.5) is 18.9 Å². The Labute approximate surface area is 249 Å². The third-order valence-electron chi connectivity index (χ3n) is 8.44. The zero-order valence-corrected chi connectivity index (χ0v) is 24.1. The minimum Gasteiger partial charge on any atom is -0.378 e. The monoisotopic (exact) mass is 601 g/mol. The minimum atomic E-state index is -4.55. The number of ether oxygens (including phenoxy) is 1. The van der Waals surface area contributed by atoms with Gasteiger partial charge in [0.2, 0.25) is 5.91 Å². The van der Waals surface area contributed by atoms with E-state index in [4.69, 9.17) is 4.74 Å². The quantitative estimate of drug-likeness (QED) is 0.507. The molecule has 0 radical (unpaired) electrons. The van der Waals surface area contributed by atoms with E-state index in [0.29, 0.717) is 37.9 Å². The second kappa shape index (κ2) is 13.8. The molecular weight excluding hydrogens is 563 g/mol. The summed E-state index contributed by atoms with van der Waals surface area (Å²) in [5, 5.41) is 5.37. The van der Waals surface area contributed by atoms with E-state index in [-0.39, 0.29) is 30.0 Å². The molecule has 2 aromatic rings. The van der Waals surface area contributed by atoms with Crippen LogP contribution in [0.25, 0.3) is 0 Å². The number of hydrogen-bond acceptors (Lipinski definition) is 6. The number of morpholine rings is 1. The number of likely N-dealkylation sites (tertiary alicyclic amines) is 1. The van der Waals surface area contributed by atoms with Crippen LogP contribution in [0, 0.1) is 0 Å². The second-order valence-corrected chi connectivity index (χ2v) is 11.3. The van der Waals surface area contributed by atoms with E-state index >= 15 is 0 Å². The smallest absolute Gasteiger partial charge is 0.378 e. The molecule has 232 valence electrons. The number of alkyl halides is 3. The normalized spacial score (nSPS) is 21.7. The summed E-state index contributed by atoms with van der Waals surface area (Å²) in [6.45, 7) is 5.51. The summed E-state index contributed by atoms with van der Waals surface area (Å²) in [4.78, 5) is 44.2. The van der Waals surface area contributed by atoms with Crippen molar-refractivity contribution in [1.29, 1.82) is 0 Å². The van der Waals surface area contributed by atoms with Crippen molar-refractivity contribution < 1.29 is 32.3 Å². The molecule has 3 aliphatic heterocycles. The minimum absolute atomic E-state index is 0.0413. The Balaban J connectivity index is 1.05. The summed E-state index contributed by atoms with van der Waals surface area (Å²) >= 11 is 0. The topological polar surface area (TPSA) is 94.2 Å². The van der Waals surface area contributed by atoms with E-state index in [1.165, 1.54) is 12.1 Å². The Kier molecular flexibility index (Phi) is 9.86. The van der Waals surface area contributed by atoms with Crippen LogP contribution >= 0.6 is 0 Å². The number of amides is 3. The van der Waals surface area contributed by atoms with Gasteiger partial charge in [-0.15, -0.1) is 0 Å². The Morgan fingerprint density at radius 3 is 2.40 bits per heavy atom. The van der Waals surface area contributed by atoms with Crippen LogP contribution in [-0.2, 0) is 15.7 Å². The lowest BCUT2D eigenvalue weighted by Crippen LogP contribution is -2.44. The van der Waals surface area contributed by atoms with Gasteiger partial charge in [-0.2, -0.15) is 13.2 Å². The molecule has 3 amide bonds. The molecule has 9 nitrogen and oxygen atoms in total. The number of nitrogens with zero attached hydrogens (tertiary/aromatic N) is 3. The van der Waals surface area contributed by atoms with Gasteiger partial charge in [0.1, 0.15) is 0 Å². The van der Waals surface area contributed by atoms with E-state index in [0.717, 1.165) is 69.7 Å². The summed E-state index contributed by atoms with van der Waals surface area (Å²) in [7, 11) is 0. The average molecular weight is 602 g/mol. The van der Waals surface area contributed by atoms with Crippen LogP contribution < -0.4 is 15.5 Å². The zero-order valence-electron chi connectivity index (χ0n) is 24.1. The van der Waals surface area contributed by atoms with Gasteiger partial charge in [-0.3, -0.25) is 19.3 Å². The van der Waals surface area contributed by atoms with E-state index < -0.39 is 17.6 Å². The van der Waals surface area contributed by atoms with Crippen LogP contribution in [0.2, 0.25) is 0 Å². The van der Waals surface area contributed by atoms with Crippen molar-refractivity contribution in [2.24, 2.45) is 0 Å². The summed E-state index contributed by atoms with van der Waals surface area (Å²) in [5.41, 5.74) is 0.747. The largest absolute Gasteiger partial charge is 0.416 e. The van der Waals surface area contributed by atoms with E-state index in [1.54, 1.807) is 0 Å². The van der Waals surface area contributed by atoms with Crippen molar-refractivity contribution in [3.63, 3.8) is 0 Å². The third kappa shape index (κ3) is 8.05. The summed E-state index contributed by atoms with van der Waals surface area (Å²) in [6.07, 6.45) is -0.672. The highest BCUT2D eigenvalue weighted by molar-refractivity contribution is 5.96. The standard InChI is InChI=1S/C31H38F3N5O4/c32-31(33,34)24-4-1-3-23(19-24)29(41)35-20-28(40)36-25-10-13-39(21-25)26-5-2-12-37(14-11-26)27-8-6-22(7-9-27)30(42)38-15-17-43-18-16-38/h1,3-4,6-9,19,25-26H,2,5,10-18,20-21H2,(H,35,41)(H,36,40)/t25-,26-/m1/s1. The number of anilines is 1. The van der Waals surface area contributed by atoms with Gasteiger partial charge in [0.15, 0.2) is 0 Å². The molecule has 2 aromatic carbocycles. The third-order valence-corrected chi connectivity index (χ3v) is 8.44. The predicted octanol–water partition coefficient (Wildman–Crippen LogP) is 3.16. The molecule has 0 aliphatic carbocycles. The van der Waals surface area contributed by atoms with Crippen LogP contribution in [0.5, 0.6) is 0 Å². The number of nitrogens with one attached hydrogen (secondary N) is 2. The van der Waals surface area contributed by atoms with Crippen molar-refractivity contribution in [2.45, 2.75) is 43.9 Å². The van der Waals surface area contributed by atoms with Crippen molar-refractivity contribution in [3.05, 3.63) is 65.2 Å². The van der Waals surface area contributed by atoms with E-state index in [2.05, 4.69) is 20.4 Å². The highest BCUT2D eigenvalue weighted by Crippen LogP contribution is 2.29. The first-order chi connectivity index (χ1) is 20.7. The van der Waals surface area contributed by atoms with Crippen LogP contribution in [0.1, 0.15) is 52.0 Å². The molecule has 3 aliphatic rings. The van der Waals surface area contributed by atoms with Crippen molar-refractivity contribution in [3.8, 4) is 0 Å². The maximum atomic E-state index is 12.9. The molecule has 5 rings (SSSR count). The molecule has 0 bridgehead atoms. The molecular formula is C31H38F3N5O4. The van der Waals surface area contributed by atoms with Crippen LogP contribution in [0.15, 0.2) is 48.5 Å². The SMILES string of the molecule is O=C(CNC(=O)c1cccc(C(F)(F)F)c1)N[C@@H]1CCN([C@@H]2CCCN(c3ccc(C(=O)N4CCOCC4)cc3)CC2)C1. The molecule has 3 saturated heterocycles. The number of hydrogen-bond donors (Lipinski definition) is 2.